The third-order valence-corrected chi connectivity index (χ3v) is 2.69. The third kappa shape index (κ3) is 2.50. The van der Waals surface area contributed by atoms with Crippen LogP contribution in [-0.4, -0.2) is 21.5 Å². The van der Waals surface area contributed by atoms with Gasteiger partial charge in [0.05, 0.1) is 5.54 Å². The molecule has 1 rings (SSSR count). The minimum atomic E-state index is -0.872. The molecule has 0 amide bonds. The maximum atomic E-state index is 11.4. The standard InChI is InChI=1S/C11H16N2O3/c1-7(14)11(2,13-12)6-8-3-4-9(15)10(16)5-8/h3-5,13,15-16H,6,12H2,1-2H3/t11-/m0/s1. The molecule has 0 saturated heterocycles. The van der Waals surface area contributed by atoms with E-state index in [0.29, 0.717) is 12.0 Å². The van der Waals surface area contributed by atoms with E-state index in [1.165, 1.54) is 19.1 Å². The van der Waals surface area contributed by atoms with Gasteiger partial charge in [-0.3, -0.25) is 10.6 Å². The van der Waals surface area contributed by atoms with Crippen molar-refractivity contribution in [1.82, 2.24) is 5.43 Å². The first-order chi connectivity index (χ1) is 7.39. The van der Waals surface area contributed by atoms with Crippen molar-refractivity contribution >= 4 is 5.78 Å². The summed E-state index contributed by atoms with van der Waals surface area (Å²) in [6.07, 6.45) is 0.340. The van der Waals surface area contributed by atoms with Gasteiger partial charge >= 0.3 is 0 Å². The van der Waals surface area contributed by atoms with Crippen molar-refractivity contribution < 1.29 is 15.0 Å². The van der Waals surface area contributed by atoms with Crippen molar-refractivity contribution in [3.63, 3.8) is 0 Å². The molecule has 0 unspecified atom stereocenters. The summed E-state index contributed by atoms with van der Waals surface area (Å²) in [6.45, 7) is 3.12. The van der Waals surface area contributed by atoms with E-state index < -0.39 is 5.54 Å². The van der Waals surface area contributed by atoms with Crippen LogP contribution in [0.2, 0.25) is 0 Å². The number of ketones is 1. The molecule has 16 heavy (non-hydrogen) atoms. The topological polar surface area (TPSA) is 95.6 Å². The fourth-order valence-corrected chi connectivity index (χ4v) is 1.36. The molecule has 1 atom stereocenters. The number of nitrogens with one attached hydrogen (secondary N) is 1. The highest BCUT2D eigenvalue weighted by Crippen LogP contribution is 2.26. The molecule has 0 bridgehead atoms. The van der Waals surface area contributed by atoms with Gasteiger partial charge in [-0.15, -0.1) is 0 Å². The number of benzene rings is 1. The average molecular weight is 224 g/mol. The number of rotatable bonds is 4. The highest BCUT2D eigenvalue weighted by Gasteiger charge is 2.28. The normalized spacial score (nSPS) is 14.4. The van der Waals surface area contributed by atoms with Crippen molar-refractivity contribution in [2.24, 2.45) is 5.84 Å². The Bertz CT molecular complexity index is 406. The second-order valence-electron chi connectivity index (χ2n) is 4.03. The number of carbonyl (C=O) groups excluding carboxylic acids is 1. The van der Waals surface area contributed by atoms with Crippen LogP contribution in [0.4, 0.5) is 0 Å². The SMILES string of the molecule is CC(=O)[C@](C)(Cc1ccc(O)c(O)c1)NN. The molecule has 5 heteroatoms. The Labute approximate surface area is 93.9 Å². The number of phenolic OH excluding ortho intramolecular Hbond substituents is 2. The summed E-state index contributed by atoms with van der Waals surface area (Å²) in [7, 11) is 0. The lowest BCUT2D eigenvalue weighted by molar-refractivity contribution is -0.122. The van der Waals surface area contributed by atoms with Crippen LogP contribution in [0.15, 0.2) is 18.2 Å². The molecule has 5 N–H and O–H groups in total. The molecule has 0 aromatic heterocycles. The fourth-order valence-electron chi connectivity index (χ4n) is 1.36. The van der Waals surface area contributed by atoms with Crippen molar-refractivity contribution in [3.8, 4) is 11.5 Å². The van der Waals surface area contributed by atoms with E-state index >= 15 is 0 Å². The van der Waals surface area contributed by atoms with Crippen LogP contribution in [0.5, 0.6) is 11.5 Å². The molecule has 0 radical (unpaired) electrons. The average Bonchev–Trinajstić information content (AvgIpc) is 2.23. The molecule has 88 valence electrons. The van der Waals surface area contributed by atoms with E-state index in [0.717, 1.165) is 0 Å². The van der Waals surface area contributed by atoms with Crippen LogP contribution in [0.1, 0.15) is 19.4 Å². The van der Waals surface area contributed by atoms with E-state index in [2.05, 4.69) is 5.43 Å². The van der Waals surface area contributed by atoms with E-state index in [9.17, 15) is 9.90 Å². The second-order valence-corrected chi connectivity index (χ2v) is 4.03. The van der Waals surface area contributed by atoms with Crippen LogP contribution >= 0.6 is 0 Å². The number of hydrogen-bond acceptors (Lipinski definition) is 5. The number of aromatic hydroxyl groups is 2. The Balaban J connectivity index is 2.95. The number of hydrazine groups is 1. The molecule has 0 saturated carbocycles. The Kier molecular flexibility index (Phi) is 3.51. The second kappa shape index (κ2) is 4.51. The first-order valence-corrected chi connectivity index (χ1v) is 4.89. The molecule has 5 nitrogen and oxygen atoms in total. The maximum absolute atomic E-state index is 11.4. The Morgan fingerprint density at radius 2 is 2.06 bits per heavy atom. The zero-order valence-corrected chi connectivity index (χ0v) is 9.32. The van der Waals surface area contributed by atoms with Crippen molar-refractivity contribution in [2.45, 2.75) is 25.8 Å². The van der Waals surface area contributed by atoms with Crippen LogP contribution < -0.4 is 11.3 Å². The molecule has 1 aromatic rings. The quantitative estimate of drug-likeness (QED) is 0.338. The fraction of sp³-hybridized carbons (Fsp3) is 0.364. The van der Waals surface area contributed by atoms with E-state index in [-0.39, 0.29) is 17.3 Å². The third-order valence-electron chi connectivity index (χ3n) is 2.69. The van der Waals surface area contributed by atoms with Gasteiger partial charge in [0.15, 0.2) is 17.3 Å². The lowest BCUT2D eigenvalue weighted by Crippen LogP contribution is -2.53. The molecular weight excluding hydrogens is 208 g/mol. The lowest BCUT2D eigenvalue weighted by Gasteiger charge is -2.25. The Morgan fingerprint density at radius 3 is 2.50 bits per heavy atom. The Morgan fingerprint density at radius 1 is 1.44 bits per heavy atom. The van der Waals surface area contributed by atoms with Crippen LogP contribution in [-0.2, 0) is 11.2 Å². The maximum Gasteiger partial charge on any atom is 0.157 e. The predicted molar refractivity (Wildman–Crippen MR) is 59.9 cm³/mol. The molecule has 0 fully saturated rings. The minimum Gasteiger partial charge on any atom is -0.504 e. The zero-order valence-electron chi connectivity index (χ0n) is 9.32. The molecule has 0 heterocycles. The Hall–Kier alpha value is -1.59. The molecule has 0 spiro atoms. The van der Waals surface area contributed by atoms with Gasteiger partial charge in [-0.05, 0) is 38.0 Å². The van der Waals surface area contributed by atoms with E-state index in [1.807, 2.05) is 0 Å². The predicted octanol–water partition coefficient (Wildman–Crippen LogP) is 0.451. The van der Waals surface area contributed by atoms with Gasteiger partial charge < -0.3 is 10.2 Å². The van der Waals surface area contributed by atoms with Crippen molar-refractivity contribution in [3.05, 3.63) is 23.8 Å². The highest BCUT2D eigenvalue weighted by atomic mass is 16.3. The van der Waals surface area contributed by atoms with Gasteiger partial charge in [-0.1, -0.05) is 6.07 Å². The summed E-state index contributed by atoms with van der Waals surface area (Å²) in [5, 5.41) is 18.5. The largest absolute Gasteiger partial charge is 0.504 e. The van der Waals surface area contributed by atoms with Crippen molar-refractivity contribution in [1.29, 1.82) is 0 Å². The highest BCUT2D eigenvalue weighted by molar-refractivity contribution is 5.85. The number of carbonyl (C=O) groups is 1. The summed E-state index contributed by atoms with van der Waals surface area (Å²) in [5.74, 6) is 4.85. The summed E-state index contributed by atoms with van der Waals surface area (Å²) < 4.78 is 0. The van der Waals surface area contributed by atoms with Gasteiger partial charge in [0.1, 0.15) is 0 Å². The summed E-state index contributed by atoms with van der Waals surface area (Å²) in [4.78, 5) is 11.4. The van der Waals surface area contributed by atoms with Crippen molar-refractivity contribution in [2.75, 3.05) is 0 Å². The van der Waals surface area contributed by atoms with E-state index in [1.54, 1.807) is 13.0 Å². The molecule has 1 aromatic carbocycles. The van der Waals surface area contributed by atoms with Gasteiger partial charge in [0.25, 0.3) is 0 Å². The van der Waals surface area contributed by atoms with Gasteiger partial charge in [-0.2, -0.15) is 0 Å². The monoisotopic (exact) mass is 224 g/mol. The lowest BCUT2D eigenvalue weighted by atomic mass is 9.90. The molecule has 0 aliphatic rings. The summed E-state index contributed by atoms with van der Waals surface area (Å²) in [5.41, 5.74) is 2.31. The number of hydrogen-bond donors (Lipinski definition) is 4. The number of nitrogens with two attached hydrogens (primary N) is 1. The van der Waals surface area contributed by atoms with Crippen LogP contribution in [0.25, 0.3) is 0 Å². The first-order valence-electron chi connectivity index (χ1n) is 4.89. The van der Waals surface area contributed by atoms with Crippen LogP contribution in [0, 0.1) is 0 Å². The van der Waals surface area contributed by atoms with E-state index in [4.69, 9.17) is 10.9 Å². The minimum absolute atomic E-state index is 0.0948. The molecule has 0 aliphatic heterocycles. The zero-order chi connectivity index (χ0) is 12.3. The summed E-state index contributed by atoms with van der Waals surface area (Å²) >= 11 is 0. The first kappa shape index (κ1) is 12.5. The van der Waals surface area contributed by atoms with Gasteiger partial charge in [0.2, 0.25) is 0 Å². The number of phenols is 2. The molecular formula is C11H16N2O3. The smallest absolute Gasteiger partial charge is 0.157 e. The van der Waals surface area contributed by atoms with Gasteiger partial charge in [-0.25, -0.2) is 5.43 Å². The number of Topliss-reactive ketones (excluding diaryl/α,β-unsaturated/α-hetero) is 1. The van der Waals surface area contributed by atoms with Gasteiger partial charge in [0, 0.05) is 0 Å². The molecule has 0 aliphatic carbocycles. The van der Waals surface area contributed by atoms with Crippen LogP contribution in [0.3, 0.4) is 0 Å². The summed E-state index contributed by atoms with van der Waals surface area (Å²) in [6, 6.07) is 4.42.